The van der Waals surface area contributed by atoms with Crippen LogP contribution in [0.2, 0.25) is 0 Å². The molecule has 0 aromatic rings. The topological polar surface area (TPSA) is 55.8 Å². The lowest BCUT2D eigenvalue weighted by atomic mass is 9.85. The zero-order valence-corrected chi connectivity index (χ0v) is 6.27. The van der Waals surface area contributed by atoms with E-state index >= 15 is 0 Å². The van der Waals surface area contributed by atoms with Crippen molar-refractivity contribution in [2.24, 2.45) is 11.8 Å². The van der Waals surface area contributed by atoms with Crippen LogP contribution in [0, 0.1) is 11.8 Å². The van der Waals surface area contributed by atoms with Gasteiger partial charge in [0.2, 0.25) is 0 Å². The van der Waals surface area contributed by atoms with Crippen LogP contribution in [0.3, 0.4) is 0 Å². The maximum absolute atomic E-state index is 11.1. The highest BCUT2D eigenvalue weighted by atomic mass is 16.6. The van der Waals surface area contributed by atoms with E-state index in [0.29, 0.717) is 6.61 Å². The fourth-order valence-corrected chi connectivity index (χ4v) is 2.26. The predicted octanol–water partition coefficient (Wildman–Crippen LogP) is -0.00150. The summed E-state index contributed by atoms with van der Waals surface area (Å²) >= 11 is 0. The van der Waals surface area contributed by atoms with Gasteiger partial charge in [0, 0.05) is 5.92 Å². The molecule has 3 aliphatic heterocycles. The van der Waals surface area contributed by atoms with Gasteiger partial charge in [0.25, 0.3) is 0 Å². The lowest BCUT2D eigenvalue weighted by Crippen LogP contribution is -2.26. The molecule has 0 aliphatic carbocycles. The summed E-state index contributed by atoms with van der Waals surface area (Å²) in [4.78, 5) is 11.1. The van der Waals surface area contributed by atoms with Crippen molar-refractivity contribution < 1.29 is 19.4 Å². The van der Waals surface area contributed by atoms with Crippen molar-refractivity contribution in [3.8, 4) is 0 Å². The number of hydrogen-bond donors (Lipinski definition) is 1. The van der Waals surface area contributed by atoms with Crippen LogP contribution in [0.4, 0.5) is 0 Å². The molecule has 0 radical (unpaired) electrons. The van der Waals surface area contributed by atoms with E-state index in [1.54, 1.807) is 6.08 Å². The molecular formula is C8H8O4. The number of rotatable bonds is 0. The summed E-state index contributed by atoms with van der Waals surface area (Å²) in [5.74, 6) is -0.0331. The molecule has 0 saturated carbocycles. The number of carbonyl (C=O) groups is 1. The number of fused-ring (bicyclic) bond motifs is 5. The normalized spacial score (nSPS) is 49.0. The average Bonchev–Trinajstić information content (AvgIpc) is 2.62. The molecule has 0 aromatic carbocycles. The molecule has 4 heteroatoms. The highest BCUT2D eigenvalue weighted by Gasteiger charge is 2.57. The number of hydrogen-bond acceptors (Lipinski definition) is 4. The van der Waals surface area contributed by atoms with Gasteiger partial charge in [-0.15, -0.1) is 0 Å². The summed E-state index contributed by atoms with van der Waals surface area (Å²) in [6, 6.07) is 0. The van der Waals surface area contributed by atoms with E-state index < -0.39 is 0 Å². The van der Waals surface area contributed by atoms with Gasteiger partial charge in [-0.2, -0.15) is 0 Å². The Kier molecular flexibility index (Phi) is 0.985. The van der Waals surface area contributed by atoms with Crippen molar-refractivity contribution in [2.75, 3.05) is 6.61 Å². The summed E-state index contributed by atoms with van der Waals surface area (Å²) in [5.41, 5.74) is 0. The molecule has 0 amide bonds. The molecule has 1 N–H and O–H groups in total. The van der Waals surface area contributed by atoms with Crippen LogP contribution < -0.4 is 0 Å². The first-order valence-corrected chi connectivity index (χ1v) is 4.00. The van der Waals surface area contributed by atoms with E-state index in [-0.39, 0.29) is 35.8 Å². The Morgan fingerprint density at radius 3 is 3.25 bits per heavy atom. The molecule has 0 aromatic heterocycles. The molecule has 2 fully saturated rings. The molecule has 12 heavy (non-hydrogen) atoms. The Balaban J connectivity index is 2.02. The lowest BCUT2D eigenvalue weighted by Gasteiger charge is -2.13. The van der Waals surface area contributed by atoms with Crippen LogP contribution in [0.1, 0.15) is 0 Å². The van der Waals surface area contributed by atoms with Crippen LogP contribution in [0.25, 0.3) is 0 Å². The van der Waals surface area contributed by atoms with E-state index in [1.807, 2.05) is 0 Å². The van der Waals surface area contributed by atoms with Crippen LogP contribution >= 0.6 is 0 Å². The summed E-state index contributed by atoms with van der Waals surface area (Å²) < 4.78 is 10.3. The van der Waals surface area contributed by atoms with Gasteiger partial charge in [-0.05, 0) is 6.08 Å². The summed E-state index contributed by atoms with van der Waals surface area (Å²) in [7, 11) is 0. The highest BCUT2D eigenvalue weighted by molar-refractivity contribution is 5.77. The largest absolute Gasteiger partial charge is 0.510 e. The molecule has 4 nitrogen and oxygen atoms in total. The van der Waals surface area contributed by atoms with E-state index in [2.05, 4.69) is 0 Å². The number of cyclic esters (lactones) is 1. The quantitative estimate of drug-likeness (QED) is 0.517. The standard InChI is InChI=1S/C8H8O4/c9-4-1-5-6-3(7(4)12-5)2-11-8(6)10/h1,3,5-7,9H,2H2. The zero-order valence-electron chi connectivity index (χ0n) is 6.27. The number of aliphatic hydroxyl groups is 1. The Labute approximate surface area is 68.8 Å². The number of carbonyl (C=O) groups excluding carboxylic acids is 1. The molecule has 2 saturated heterocycles. The third-order valence-electron chi connectivity index (χ3n) is 2.82. The zero-order chi connectivity index (χ0) is 8.29. The minimum atomic E-state index is -0.286. The van der Waals surface area contributed by atoms with Crippen LogP contribution in [0.15, 0.2) is 11.8 Å². The van der Waals surface area contributed by atoms with E-state index in [4.69, 9.17) is 9.47 Å². The van der Waals surface area contributed by atoms with Crippen LogP contribution in [-0.2, 0) is 14.3 Å². The second-order valence-corrected chi connectivity index (χ2v) is 3.43. The Hall–Kier alpha value is -1.03. The third kappa shape index (κ3) is 0.557. The van der Waals surface area contributed by atoms with E-state index in [9.17, 15) is 9.90 Å². The second kappa shape index (κ2) is 1.82. The van der Waals surface area contributed by atoms with Gasteiger partial charge in [0.05, 0.1) is 18.6 Å². The second-order valence-electron chi connectivity index (χ2n) is 3.43. The van der Waals surface area contributed by atoms with Gasteiger partial charge >= 0.3 is 5.97 Å². The first-order chi connectivity index (χ1) is 5.77. The highest BCUT2D eigenvalue weighted by Crippen LogP contribution is 2.45. The first-order valence-electron chi connectivity index (χ1n) is 4.00. The van der Waals surface area contributed by atoms with Crippen molar-refractivity contribution in [2.45, 2.75) is 12.2 Å². The third-order valence-corrected chi connectivity index (χ3v) is 2.82. The van der Waals surface area contributed by atoms with Gasteiger partial charge in [-0.1, -0.05) is 0 Å². The smallest absolute Gasteiger partial charge is 0.312 e. The van der Waals surface area contributed by atoms with Gasteiger partial charge in [-0.25, -0.2) is 0 Å². The van der Waals surface area contributed by atoms with Gasteiger partial charge < -0.3 is 14.6 Å². The van der Waals surface area contributed by atoms with Crippen molar-refractivity contribution in [1.29, 1.82) is 0 Å². The van der Waals surface area contributed by atoms with E-state index in [1.165, 1.54) is 0 Å². The maximum Gasteiger partial charge on any atom is 0.312 e. The fourth-order valence-electron chi connectivity index (χ4n) is 2.26. The fraction of sp³-hybridized carbons (Fsp3) is 0.625. The maximum atomic E-state index is 11.1. The average molecular weight is 168 g/mol. The molecule has 4 atom stereocenters. The van der Waals surface area contributed by atoms with Crippen LogP contribution in [-0.4, -0.2) is 29.9 Å². The molecular weight excluding hydrogens is 160 g/mol. The Morgan fingerprint density at radius 1 is 1.58 bits per heavy atom. The van der Waals surface area contributed by atoms with Crippen molar-refractivity contribution in [3.63, 3.8) is 0 Å². The number of ether oxygens (including phenoxy) is 2. The summed E-state index contributed by atoms with van der Waals surface area (Å²) in [5, 5.41) is 9.32. The van der Waals surface area contributed by atoms with Crippen molar-refractivity contribution in [1.82, 2.24) is 0 Å². The molecule has 3 aliphatic rings. The van der Waals surface area contributed by atoms with Gasteiger partial charge in [0.15, 0.2) is 0 Å². The van der Waals surface area contributed by atoms with Crippen LogP contribution in [0.5, 0.6) is 0 Å². The van der Waals surface area contributed by atoms with Crippen molar-refractivity contribution in [3.05, 3.63) is 11.8 Å². The molecule has 64 valence electrons. The monoisotopic (exact) mass is 168 g/mol. The molecule has 3 heterocycles. The molecule has 4 unspecified atom stereocenters. The molecule has 2 bridgehead atoms. The van der Waals surface area contributed by atoms with E-state index in [0.717, 1.165) is 0 Å². The molecule has 0 spiro atoms. The Bertz CT molecular complexity index is 283. The summed E-state index contributed by atoms with van der Waals surface area (Å²) in [6.07, 6.45) is 1.08. The van der Waals surface area contributed by atoms with Gasteiger partial charge in [0.1, 0.15) is 11.9 Å². The SMILES string of the molecule is O=C1OCC2C3OC(C=C3O)C12. The minimum absolute atomic E-state index is 0.0486. The Morgan fingerprint density at radius 2 is 2.42 bits per heavy atom. The summed E-state index contributed by atoms with van der Waals surface area (Å²) in [6.45, 7) is 0.391. The number of esters is 1. The molecule has 3 rings (SSSR count). The van der Waals surface area contributed by atoms with Crippen molar-refractivity contribution >= 4 is 5.97 Å². The predicted molar refractivity (Wildman–Crippen MR) is 37.3 cm³/mol. The first kappa shape index (κ1) is 6.48. The van der Waals surface area contributed by atoms with Gasteiger partial charge in [-0.3, -0.25) is 4.79 Å². The minimum Gasteiger partial charge on any atom is -0.510 e. The number of aliphatic hydroxyl groups excluding tert-OH is 1. The lowest BCUT2D eigenvalue weighted by molar-refractivity contribution is -0.143.